The first-order valence-electron chi connectivity index (χ1n) is 12.1. The number of fused-ring (bicyclic) bond motifs is 4. The van der Waals surface area contributed by atoms with Crippen LogP contribution < -0.4 is 0 Å². The molecule has 1 heterocycles. The molecule has 4 aliphatic carbocycles. The van der Waals surface area contributed by atoms with Crippen molar-refractivity contribution in [2.75, 3.05) is 13.7 Å². The first-order valence-corrected chi connectivity index (χ1v) is 12.1. The van der Waals surface area contributed by atoms with Gasteiger partial charge in [-0.3, -0.25) is 4.79 Å². The van der Waals surface area contributed by atoms with Gasteiger partial charge in [-0.15, -0.1) is 0 Å². The van der Waals surface area contributed by atoms with Crippen molar-refractivity contribution in [2.24, 2.45) is 40.9 Å². The molecule has 31 heavy (non-hydrogen) atoms. The Morgan fingerprint density at radius 1 is 1.26 bits per heavy atom. The van der Waals surface area contributed by atoms with Gasteiger partial charge in [-0.25, -0.2) is 0 Å². The summed E-state index contributed by atoms with van der Waals surface area (Å²) in [6.07, 6.45) is 3.68. The Morgan fingerprint density at radius 2 is 2.00 bits per heavy atom. The van der Waals surface area contributed by atoms with Crippen LogP contribution in [0.25, 0.3) is 0 Å². The summed E-state index contributed by atoms with van der Waals surface area (Å²) in [7, 11) is 1.62. The molecule has 0 radical (unpaired) electrons. The van der Waals surface area contributed by atoms with Crippen LogP contribution in [0.3, 0.4) is 0 Å². The number of carbonyl (C=O) groups is 1. The van der Waals surface area contributed by atoms with Crippen LogP contribution in [0.1, 0.15) is 59.8 Å². The molecule has 0 aromatic rings. The highest BCUT2D eigenvalue weighted by molar-refractivity contribution is 6.04. The molecular formula is C26H38O5. The lowest BCUT2D eigenvalue weighted by molar-refractivity contribution is -0.302. The molecular weight excluding hydrogens is 392 g/mol. The quantitative estimate of drug-likeness (QED) is 0.536. The van der Waals surface area contributed by atoms with Gasteiger partial charge >= 0.3 is 0 Å². The molecule has 1 N–H and O–H groups in total. The van der Waals surface area contributed by atoms with Gasteiger partial charge in [0, 0.05) is 18.9 Å². The van der Waals surface area contributed by atoms with E-state index < -0.39 is 23.4 Å². The molecule has 2 bridgehead atoms. The van der Waals surface area contributed by atoms with E-state index in [9.17, 15) is 9.90 Å². The van der Waals surface area contributed by atoms with E-state index in [1.54, 1.807) is 7.11 Å². The summed E-state index contributed by atoms with van der Waals surface area (Å²) in [4.78, 5) is 14.0. The number of aliphatic hydroxyl groups is 1. The first kappa shape index (κ1) is 21.7. The number of hydrogen-bond donors (Lipinski definition) is 1. The molecule has 0 aromatic heterocycles. The van der Waals surface area contributed by atoms with Crippen LogP contribution in [0, 0.1) is 40.9 Å². The number of carbonyl (C=O) groups excluding carboxylic acids is 1. The van der Waals surface area contributed by atoms with Crippen molar-refractivity contribution in [1.29, 1.82) is 0 Å². The van der Waals surface area contributed by atoms with Gasteiger partial charge in [-0.2, -0.15) is 0 Å². The van der Waals surface area contributed by atoms with Gasteiger partial charge in [0.2, 0.25) is 0 Å². The first-order chi connectivity index (χ1) is 14.6. The number of ether oxygens (including phenoxy) is 3. The van der Waals surface area contributed by atoms with Crippen molar-refractivity contribution < 1.29 is 24.1 Å². The lowest BCUT2D eigenvalue weighted by atomic mass is 9.45. The van der Waals surface area contributed by atoms with Gasteiger partial charge in [-0.05, 0) is 80.8 Å². The maximum Gasteiger partial charge on any atom is 0.167 e. The number of allylic oxidation sites excluding steroid dienone is 3. The zero-order valence-electron chi connectivity index (χ0n) is 19.6. The van der Waals surface area contributed by atoms with Crippen molar-refractivity contribution in [2.45, 2.75) is 77.8 Å². The summed E-state index contributed by atoms with van der Waals surface area (Å²) in [5.41, 5.74) is 1.37. The minimum absolute atomic E-state index is 0.0237. The number of aliphatic hydroxyl groups excluding tert-OH is 1. The minimum atomic E-state index is -0.891. The minimum Gasteiger partial charge on any atom is -0.498 e. The Kier molecular flexibility index (Phi) is 5.01. The summed E-state index contributed by atoms with van der Waals surface area (Å²) >= 11 is 0. The van der Waals surface area contributed by atoms with Gasteiger partial charge in [0.15, 0.2) is 11.6 Å². The third-order valence-electron chi connectivity index (χ3n) is 9.57. The van der Waals surface area contributed by atoms with Gasteiger partial charge in [-0.1, -0.05) is 20.4 Å². The smallest absolute Gasteiger partial charge is 0.167 e. The van der Waals surface area contributed by atoms with Crippen LogP contribution in [0.15, 0.2) is 23.5 Å². The summed E-state index contributed by atoms with van der Waals surface area (Å²) in [6, 6.07) is 0. The standard InChI is InChI=1S/C26H38O5/c1-13-12-16-8-7-11-30-22(16)20-18-10-9-17-14(2)23(28)26(18,15(17)3)24(21(27)19(13)20)31-25(4,5)29-6/h13,15,17-21,24,27H,2,7-12H2,1,3-6H3. The fourth-order valence-corrected chi connectivity index (χ4v) is 8.18. The highest BCUT2D eigenvalue weighted by Crippen LogP contribution is 2.69. The summed E-state index contributed by atoms with van der Waals surface area (Å²) in [5.74, 6) is 1.10. The van der Waals surface area contributed by atoms with E-state index in [-0.39, 0.29) is 35.4 Å². The second-order valence-electron chi connectivity index (χ2n) is 11.2. The van der Waals surface area contributed by atoms with Crippen LogP contribution in [0.4, 0.5) is 0 Å². The number of Topliss-reactive ketones (excluding diaryl/α,β-unsaturated/α-hetero) is 1. The third kappa shape index (κ3) is 2.75. The van der Waals surface area contributed by atoms with E-state index in [0.29, 0.717) is 5.92 Å². The lowest BCUT2D eigenvalue weighted by Gasteiger charge is -2.62. The van der Waals surface area contributed by atoms with Crippen molar-refractivity contribution in [1.82, 2.24) is 0 Å². The van der Waals surface area contributed by atoms with E-state index in [1.807, 2.05) is 13.8 Å². The van der Waals surface area contributed by atoms with Crippen LogP contribution in [0.2, 0.25) is 0 Å². The molecule has 5 rings (SSSR count). The van der Waals surface area contributed by atoms with E-state index in [0.717, 1.165) is 50.0 Å². The fraction of sp³-hybridized carbons (Fsp3) is 0.808. The number of ketones is 1. The molecule has 5 heteroatoms. The Hall–Kier alpha value is -1.17. The average Bonchev–Trinajstić information content (AvgIpc) is 2.84. The molecule has 0 amide bonds. The Bertz CT molecular complexity index is 828. The van der Waals surface area contributed by atoms with Crippen molar-refractivity contribution in [3.05, 3.63) is 23.5 Å². The predicted octanol–water partition coefficient (Wildman–Crippen LogP) is 4.25. The van der Waals surface area contributed by atoms with E-state index >= 15 is 0 Å². The number of methoxy groups -OCH3 is 1. The summed E-state index contributed by atoms with van der Waals surface area (Å²) < 4.78 is 18.5. The second kappa shape index (κ2) is 7.16. The molecule has 0 saturated heterocycles. The van der Waals surface area contributed by atoms with Crippen LogP contribution >= 0.6 is 0 Å². The summed E-state index contributed by atoms with van der Waals surface area (Å²) in [6.45, 7) is 13.1. The molecule has 1 aliphatic heterocycles. The van der Waals surface area contributed by atoms with Gasteiger partial charge in [0.05, 0.1) is 23.9 Å². The van der Waals surface area contributed by atoms with Crippen molar-refractivity contribution in [3.63, 3.8) is 0 Å². The molecule has 1 spiro atoms. The SMILES string of the molecule is C=C1C(=O)C23C(C)C1CCC2C1C2=C(CCCO2)CC(C)C1C(O)C3OC(C)(C)OC. The van der Waals surface area contributed by atoms with Crippen molar-refractivity contribution >= 4 is 5.78 Å². The molecule has 3 fully saturated rings. The fourth-order valence-electron chi connectivity index (χ4n) is 8.18. The van der Waals surface area contributed by atoms with Crippen molar-refractivity contribution in [3.8, 4) is 0 Å². The average molecular weight is 431 g/mol. The Morgan fingerprint density at radius 3 is 2.71 bits per heavy atom. The Balaban J connectivity index is 1.70. The van der Waals surface area contributed by atoms with Crippen LogP contribution in [0.5, 0.6) is 0 Å². The Labute approximate surface area is 186 Å². The van der Waals surface area contributed by atoms with Crippen LogP contribution in [-0.2, 0) is 19.0 Å². The largest absolute Gasteiger partial charge is 0.498 e. The predicted molar refractivity (Wildman–Crippen MR) is 117 cm³/mol. The third-order valence-corrected chi connectivity index (χ3v) is 9.57. The molecule has 5 nitrogen and oxygen atoms in total. The maximum absolute atomic E-state index is 14.0. The van der Waals surface area contributed by atoms with E-state index in [1.165, 1.54) is 5.57 Å². The zero-order chi connectivity index (χ0) is 22.3. The van der Waals surface area contributed by atoms with Gasteiger partial charge < -0.3 is 19.3 Å². The summed E-state index contributed by atoms with van der Waals surface area (Å²) in [5, 5.41) is 11.9. The van der Waals surface area contributed by atoms with E-state index in [4.69, 9.17) is 14.2 Å². The molecule has 5 aliphatic rings. The monoisotopic (exact) mass is 430 g/mol. The molecule has 3 saturated carbocycles. The normalized spacial score (nSPS) is 46.9. The molecule has 9 atom stereocenters. The molecule has 172 valence electrons. The molecule has 0 aromatic carbocycles. The van der Waals surface area contributed by atoms with Crippen LogP contribution in [-0.4, -0.2) is 42.6 Å². The lowest BCUT2D eigenvalue weighted by Crippen LogP contribution is -2.68. The topological polar surface area (TPSA) is 65.0 Å². The zero-order valence-corrected chi connectivity index (χ0v) is 19.6. The second-order valence-corrected chi connectivity index (χ2v) is 11.2. The maximum atomic E-state index is 14.0. The number of hydrogen-bond acceptors (Lipinski definition) is 5. The van der Waals surface area contributed by atoms with Gasteiger partial charge in [0.25, 0.3) is 0 Å². The van der Waals surface area contributed by atoms with E-state index in [2.05, 4.69) is 20.4 Å². The molecule has 9 unspecified atom stereocenters. The van der Waals surface area contributed by atoms with Gasteiger partial charge in [0.1, 0.15) is 6.10 Å². The number of rotatable bonds is 3. The highest BCUT2D eigenvalue weighted by Gasteiger charge is 2.73. The highest BCUT2D eigenvalue weighted by atomic mass is 16.7.